The van der Waals surface area contributed by atoms with Crippen LogP contribution in [0.1, 0.15) is 29.7 Å². The van der Waals surface area contributed by atoms with Crippen molar-refractivity contribution in [2.75, 3.05) is 0 Å². The Morgan fingerprint density at radius 1 is 1.07 bits per heavy atom. The van der Waals surface area contributed by atoms with Crippen molar-refractivity contribution in [2.45, 2.75) is 26.8 Å². The van der Waals surface area contributed by atoms with E-state index >= 15 is 0 Å². The first-order valence-electron chi connectivity index (χ1n) is 5.35. The minimum absolute atomic E-state index is 0.0933. The van der Waals surface area contributed by atoms with Gasteiger partial charge in [0.25, 0.3) is 0 Å². The molecule has 0 aromatic heterocycles. The second-order valence-corrected chi connectivity index (χ2v) is 4.29. The van der Waals surface area contributed by atoms with Gasteiger partial charge in [0.05, 0.1) is 0 Å². The minimum Gasteiger partial charge on any atom is -0.324 e. The number of hydrogen-bond donors (Lipinski definition) is 1. The summed E-state index contributed by atoms with van der Waals surface area (Å²) in [7, 11) is 0. The van der Waals surface area contributed by atoms with Gasteiger partial charge in [-0.2, -0.15) is 0 Å². The third-order valence-corrected chi connectivity index (χ3v) is 3.02. The third-order valence-electron chi connectivity index (χ3n) is 3.02. The average Bonchev–Trinajstić information content (AvgIpc) is 2.18. The molecule has 0 heterocycles. The van der Waals surface area contributed by atoms with Crippen LogP contribution in [-0.2, 0) is 0 Å². The number of rotatable bonds is 1. The lowest BCUT2D eigenvalue weighted by atomic mass is 9.96. The van der Waals surface area contributed by atoms with Crippen LogP contribution in [0.2, 0.25) is 0 Å². The monoisotopic (exact) mass is 199 g/mol. The number of benzene rings is 2. The maximum absolute atomic E-state index is 5.97. The molecule has 0 fully saturated rings. The van der Waals surface area contributed by atoms with Gasteiger partial charge in [-0.1, -0.05) is 30.3 Å². The molecular weight excluding hydrogens is 182 g/mol. The Bertz CT molecular complexity index is 498. The molecule has 2 aromatic rings. The van der Waals surface area contributed by atoms with E-state index in [0.29, 0.717) is 0 Å². The first kappa shape index (κ1) is 10.2. The molecule has 0 radical (unpaired) electrons. The molecule has 0 spiro atoms. The lowest BCUT2D eigenvalue weighted by molar-refractivity contribution is 0.826. The van der Waals surface area contributed by atoms with Gasteiger partial charge < -0.3 is 5.73 Å². The fourth-order valence-corrected chi connectivity index (χ4v) is 1.97. The molecule has 2 rings (SSSR count). The lowest BCUT2D eigenvalue weighted by Crippen LogP contribution is -2.05. The van der Waals surface area contributed by atoms with Crippen molar-refractivity contribution in [3.05, 3.63) is 47.0 Å². The van der Waals surface area contributed by atoms with E-state index in [2.05, 4.69) is 44.2 Å². The summed E-state index contributed by atoms with van der Waals surface area (Å²) in [5, 5.41) is 2.57. The molecule has 2 aromatic carbocycles. The van der Waals surface area contributed by atoms with Gasteiger partial charge >= 0.3 is 0 Å². The van der Waals surface area contributed by atoms with Crippen LogP contribution in [-0.4, -0.2) is 0 Å². The Hall–Kier alpha value is -1.34. The van der Waals surface area contributed by atoms with Gasteiger partial charge in [0, 0.05) is 6.04 Å². The van der Waals surface area contributed by atoms with Gasteiger partial charge in [-0.3, -0.25) is 0 Å². The fourth-order valence-electron chi connectivity index (χ4n) is 1.97. The molecule has 1 atom stereocenters. The summed E-state index contributed by atoms with van der Waals surface area (Å²) in [6.45, 7) is 6.32. The predicted octanol–water partition coefficient (Wildman–Crippen LogP) is 3.48. The molecule has 15 heavy (non-hydrogen) atoms. The highest BCUT2D eigenvalue weighted by Crippen LogP contribution is 2.25. The van der Waals surface area contributed by atoms with Gasteiger partial charge in [0.15, 0.2) is 0 Å². The van der Waals surface area contributed by atoms with Crippen molar-refractivity contribution in [1.82, 2.24) is 0 Å². The van der Waals surface area contributed by atoms with E-state index in [9.17, 15) is 0 Å². The Morgan fingerprint density at radius 2 is 1.73 bits per heavy atom. The number of nitrogens with two attached hydrogens (primary N) is 1. The van der Waals surface area contributed by atoms with E-state index in [0.717, 1.165) is 0 Å². The Kier molecular flexibility index (Phi) is 2.49. The maximum atomic E-state index is 5.97. The minimum atomic E-state index is 0.0933. The second-order valence-electron chi connectivity index (χ2n) is 4.29. The average molecular weight is 199 g/mol. The predicted molar refractivity (Wildman–Crippen MR) is 66.0 cm³/mol. The summed E-state index contributed by atoms with van der Waals surface area (Å²) in [6.07, 6.45) is 0. The largest absolute Gasteiger partial charge is 0.324 e. The molecule has 0 unspecified atom stereocenters. The number of hydrogen-bond acceptors (Lipinski definition) is 1. The van der Waals surface area contributed by atoms with Crippen molar-refractivity contribution in [3.63, 3.8) is 0 Å². The molecule has 0 aliphatic heterocycles. The van der Waals surface area contributed by atoms with Crippen LogP contribution in [0.4, 0.5) is 0 Å². The van der Waals surface area contributed by atoms with Crippen LogP contribution >= 0.6 is 0 Å². The van der Waals surface area contributed by atoms with Gasteiger partial charge in [-0.15, -0.1) is 0 Å². The normalized spacial score (nSPS) is 13.1. The molecule has 78 valence electrons. The van der Waals surface area contributed by atoms with Crippen LogP contribution in [0.15, 0.2) is 30.3 Å². The van der Waals surface area contributed by atoms with E-state index in [-0.39, 0.29) is 6.04 Å². The molecule has 0 aliphatic carbocycles. The molecule has 0 saturated heterocycles. The smallest absolute Gasteiger partial charge is 0.0272 e. The van der Waals surface area contributed by atoms with E-state index < -0.39 is 0 Å². The van der Waals surface area contributed by atoms with Crippen LogP contribution in [0.5, 0.6) is 0 Å². The summed E-state index contributed by atoms with van der Waals surface area (Å²) in [6, 6.07) is 10.9. The first-order valence-corrected chi connectivity index (χ1v) is 5.35. The summed E-state index contributed by atoms with van der Waals surface area (Å²) in [4.78, 5) is 0. The molecular formula is C14H17N. The zero-order chi connectivity index (χ0) is 11.0. The van der Waals surface area contributed by atoms with Gasteiger partial charge in [0.2, 0.25) is 0 Å². The molecule has 0 saturated carbocycles. The zero-order valence-electron chi connectivity index (χ0n) is 9.54. The molecule has 0 amide bonds. The van der Waals surface area contributed by atoms with Gasteiger partial charge in [0.1, 0.15) is 0 Å². The second kappa shape index (κ2) is 3.67. The van der Waals surface area contributed by atoms with E-state index in [1.807, 2.05) is 6.92 Å². The van der Waals surface area contributed by atoms with Crippen molar-refractivity contribution in [2.24, 2.45) is 5.73 Å². The topological polar surface area (TPSA) is 26.0 Å². The van der Waals surface area contributed by atoms with E-state index in [4.69, 9.17) is 5.73 Å². The van der Waals surface area contributed by atoms with E-state index in [1.54, 1.807) is 0 Å². The summed E-state index contributed by atoms with van der Waals surface area (Å²) in [5.41, 5.74) is 9.87. The van der Waals surface area contributed by atoms with Crippen molar-refractivity contribution in [1.29, 1.82) is 0 Å². The van der Waals surface area contributed by atoms with Crippen molar-refractivity contribution < 1.29 is 0 Å². The Labute approximate surface area is 90.9 Å². The van der Waals surface area contributed by atoms with Crippen LogP contribution < -0.4 is 5.73 Å². The van der Waals surface area contributed by atoms with Crippen LogP contribution in [0.25, 0.3) is 10.8 Å². The highest BCUT2D eigenvalue weighted by Gasteiger charge is 2.06. The Balaban J connectivity index is 2.80. The summed E-state index contributed by atoms with van der Waals surface area (Å²) in [5.74, 6) is 0. The SMILES string of the molecule is Cc1cc2cccc([C@@H](C)N)c2cc1C. The van der Waals surface area contributed by atoms with Crippen LogP contribution in [0, 0.1) is 13.8 Å². The maximum Gasteiger partial charge on any atom is 0.0272 e. The number of fused-ring (bicyclic) bond motifs is 1. The summed E-state index contributed by atoms with van der Waals surface area (Å²) >= 11 is 0. The van der Waals surface area contributed by atoms with E-state index in [1.165, 1.54) is 27.5 Å². The molecule has 1 nitrogen and oxygen atoms in total. The third kappa shape index (κ3) is 1.75. The molecule has 2 N–H and O–H groups in total. The number of aryl methyl sites for hydroxylation is 2. The first-order chi connectivity index (χ1) is 7.09. The van der Waals surface area contributed by atoms with Gasteiger partial charge in [-0.05, 0) is 48.2 Å². The quantitative estimate of drug-likeness (QED) is 0.747. The lowest BCUT2D eigenvalue weighted by Gasteiger charge is -2.11. The van der Waals surface area contributed by atoms with Crippen molar-refractivity contribution >= 4 is 10.8 Å². The molecule has 1 heteroatoms. The Morgan fingerprint density at radius 3 is 2.40 bits per heavy atom. The standard InChI is InChI=1S/C14H17N/c1-9-7-12-5-4-6-13(11(3)15)14(12)8-10(9)2/h4-8,11H,15H2,1-3H3/t11-/m1/s1. The van der Waals surface area contributed by atoms with Crippen LogP contribution in [0.3, 0.4) is 0 Å². The molecule has 0 aliphatic rings. The summed E-state index contributed by atoms with van der Waals surface area (Å²) < 4.78 is 0. The van der Waals surface area contributed by atoms with Crippen molar-refractivity contribution in [3.8, 4) is 0 Å². The van der Waals surface area contributed by atoms with Gasteiger partial charge in [-0.25, -0.2) is 0 Å². The highest BCUT2D eigenvalue weighted by atomic mass is 14.6. The fraction of sp³-hybridized carbons (Fsp3) is 0.286. The highest BCUT2D eigenvalue weighted by molar-refractivity contribution is 5.87. The zero-order valence-corrected chi connectivity index (χ0v) is 9.54. The molecule has 0 bridgehead atoms.